The molecule has 0 aliphatic rings. The van der Waals surface area contributed by atoms with E-state index in [1.54, 1.807) is 24.3 Å². The van der Waals surface area contributed by atoms with Gasteiger partial charge in [-0.1, -0.05) is 24.3 Å². The van der Waals surface area contributed by atoms with Crippen LogP contribution in [0.5, 0.6) is 5.75 Å². The fraction of sp³-hybridized carbons (Fsp3) is 0.143. The van der Waals surface area contributed by atoms with E-state index in [0.29, 0.717) is 23.6 Å². The number of amides is 1. The standard InChI is InChI=1S/C21H19NO4S2/c1-2-25-18-9-4-3-8-17(18)22-20(23)14-26-21(24)16(19-10-6-12-28-19)13-15-7-5-11-27-15/h3-13H,2,14H2,1H3,(H,22,23)/b16-13+. The quantitative estimate of drug-likeness (QED) is 0.420. The predicted octanol–water partition coefficient (Wildman–Crippen LogP) is 4.93. The van der Waals surface area contributed by atoms with Gasteiger partial charge in [0.15, 0.2) is 6.61 Å². The Hall–Kier alpha value is -2.90. The first kappa shape index (κ1) is 19.9. The van der Waals surface area contributed by atoms with Crippen LogP contribution < -0.4 is 10.1 Å². The van der Waals surface area contributed by atoms with Crippen LogP contribution >= 0.6 is 22.7 Å². The van der Waals surface area contributed by atoms with Crippen molar-refractivity contribution in [2.75, 3.05) is 18.5 Å². The number of thiophene rings is 2. The fourth-order valence-corrected chi connectivity index (χ4v) is 3.81. The van der Waals surface area contributed by atoms with Gasteiger partial charge in [-0.15, -0.1) is 22.7 Å². The van der Waals surface area contributed by atoms with Crippen LogP contribution in [0.15, 0.2) is 59.3 Å². The van der Waals surface area contributed by atoms with Crippen LogP contribution in [0, 0.1) is 0 Å². The SMILES string of the molecule is CCOc1ccccc1NC(=O)COC(=O)/C(=C/c1cccs1)c1cccs1. The predicted molar refractivity (Wildman–Crippen MR) is 114 cm³/mol. The van der Waals surface area contributed by atoms with E-state index in [1.165, 1.54) is 22.7 Å². The number of rotatable bonds is 8. The van der Waals surface area contributed by atoms with Gasteiger partial charge in [-0.25, -0.2) is 4.79 Å². The normalized spacial score (nSPS) is 11.1. The van der Waals surface area contributed by atoms with Crippen LogP contribution in [0.4, 0.5) is 5.69 Å². The summed E-state index contributed by atoms with van der Waals surface area (Å²) < 4.78 is 10.7. The van der Waals surface area contributed by atoms with Gasteiger partial charge >= 0.3 is 5.97 Å². The van der Waals surface area contributed by atoms with E-state index in [9.17, 15) is 9.59 Å². The molecule has 2 heterocycles. The molecule has 0 saturated carbocycles. The van der Waals surface area contributed by atoms with Crippen molar-refractivity contribution in [1.82, 2.24) is 0 Å². The van der Waals surface area contributed by atoms with E-state index in [-0.39, 0.29) is 6.61 Å². The van der Waals surface area contributed by atoms with Gasteiger partial charge in [0.1, 0.15) is 5.75 Å². The molecule has 0 unspecified atom stereocenters. The number of carbonyl (C=O) groups is 2. The first-order valence-corrected chi connectivity index (χ1v) is 10.4. The summed E-state index contributed by atoms with van der Waals surface area (Å²) in [6.07, 6.45) is 1.78. The Morgan fingerprint density at radius 3 is 2.54 bits per heavy atom. The molecule has 2 aromatic heterocycles. The molecule has 0 bridgehead atoms. The molecule has 1 N–H and O–H groups in total. The van der Waals surface area contributed by atoms with Crippen LogP contribution in [0.1, 0.15) is 16.7 Å². The van der Waals surface area contributed by atoms with E-state index in [2.05, 4.69) is 5.32 Å². The summed E-state index contributed by atoms with van der Waals surface area (Å²) in [4.78, 5) is 26.6. The number of hydrogen-bond donors (Lipinski definition) is 1. The first-order valence-electron chi connectivity index (χ1n) is 8.65. The minimum Gasteiger partial charge on any atom is -0.492 e. The maximum Gasteiger partial charge on any atom is 0.340 e. The van der Waals surface area contributed by atoms with E-state index >= 15 is 0 Å². The van der Waals surface area contributed by atoms with E-state index in [1.807, 2.05) is 48.0 Å². The van der Waals surface area contributed by atoms with Crippen molar-refractivity contribution in [3.05, 3.63) is 69.0 Å². The van der Waals surface area contributed by atoms with Crippen LogP contribution in [0.25, 0.3) is 11.6 Å². The zero-order valence-electron chi connectivity index (χ0n) is 15.2. The highest BCUT2D eigenvalue weighted by Gasteiger charge is 2.17. The molecule has 5 nitrogen and oxygen atoms in total. The Balaban J connectivity index is 1.66. The van der Waals surface area contributed by atoms with Gasteiger partial charge in [-0.3, -0.25) is 4.79 Å². The van der Waals surface area contributed by atoms with Gasteiger partial charge in [0.2, 0.25) is 0 Å². The van der Waals surface area contributed by atoms with Gasteiger partial charge in [0.25, 0.3) is 5.91 Å². The lowest BCUT2D eigenvalue weighted by atomic mass is 10.2. The zero-order valence-corrected chi connectivity index (χ0v) is 16.8. The number of hydrogen-bond acceptors (Lipinski definition) is 6. The van der Waals surface area contributed by atoms with Gasteiger partial charge in [0.05, 0.1) is 17.9 Å². The Kier molecular flexibility index (Phi) is 7.00. The number of benzene rings is 1. The lowest BCUT2D eigenvalue weighted by Gasteiger charge is -2.11. The second kappa shape index (κ2) is 9.87. The van der Waals surface area contributed by atoms with Crippen molar-refractivity contribution in [3.8, 4) is 5.75 Å². The highest BCUT2D eigenvalue weighted by Crippen LogP contribution is 2.26. The van der Waals surface area contributed by atoms with Gasteiger partial charge < -0.3 is 14.8 Å². The summed E-state index contributed by atoms with van der Waals surface area (Å²) in [6.45, 7) is 1.97. The lowest BCUT2D eigenvalue weighted by Crippen LogP contribution is -2.21. The summed E-state index contributed by atoms with van der Waals surface area (Å²) in [5.41, 5.74) is 0.970. The molecule has 144 valence electrons. The molecule has 0 aliphatic heterocycles. The maximum atomic E-state index is 12.6. The molecule has 1 aromatic carbocycles. The molecule has 28 heavy (non-hydrogen) atoms. The Morgan fingerprint density at radius 1 is 1.04 bits per heavy atom. The largest absolute Gasteiger partial charge is 0.492 e. The summed E-state index contributed by atoms with van der Waals surface area (Å²) in [5.74, 6) is -0.396. The van der Waals surface area contributed by atoms with Crippen molar-refractivity contribution in [2.24, 2.45) is 0 Å². The second-order valence-electron chi connectivity index (χ2n) is 5.60. The van der Waals surface area contributed by atoms with E-state index in [4.69, 9.17) is 9.47 Å². The molecule has 0 fully saturated rings. The highest BCUT2D eigenvalue weighted by atomic mass is 32.1. The third kappa shape index (κ3) is 5.31. The van der Waals surface area contributed by atoms with E-state index in [0.717, 1.165) is 9.75 Å². The number of nitrogens with one attached hydrogen (secondary N) is 1. The molecule has 7 heteroatoms. The van der Waals surface area contributed by atoms with Crippen molar-refractivity contribution in [2.45, 2.75) is 6.92 Å². The lowest BCUT2D eigenvalue weighted by molar-refractivity contribution is -0.141. The number of anilines is 1. The number of ether oxygens (including phenoxy) is 2. The number of esters is 1. The number of para-hydroxylation sites is 2. The molecular formula is C21H19NO4S2. The maximum absolute atomic E-state index is 12.6. The minimum absolute atomic E-state index is 0.382. The Bertz CT molecular complexity index is 947. The third-order valence-corrected chi connectivity index (χ3v) is 5.35. The average molecular weight is 414 g/mol. The summed E-state index contributed by atoms with van der Waals surface area (Å²) in [6, 6.07) is 14.7. The van der Waals surface area contributed by atoms with Crippen molar-refractivity contribution in [3.63, 3.8) is 0 Å². The average Bonchev–Trinajstić information content (AvgIpc) is 3.40. The molecule has 0 saturated heterocycles. The smallest absolute Gasteiger partial charge is 0.340 e. The molecule has 0 aliphatic carbocycles. The summed E-state index contributed by atoms with van der Waals surface area (Å²) in [7, 11) is 0. The monoisotopic (exact) mass is 413 g/mol. The Labute approximate surface area is 171 Å². The van der Waals surface area contributed by atoms with E-state index < -0.39 is 11.9 Å². The van der Waals surface area contributed by atoms with Gasteiger partial charge in [-0.05, 0) is 48.0 Å². The van der Waals surface area contributed by atoms with Crippen LogP contribution in [0.2, 0.25) is 0 Å². The van der Waals surface area contributed by atoms with Gasteiger partial charge in [0, 0.05) is 9.75 Å². The van der Waals surface area contributed by atoms with Gasteiger partial charge in [-0.2, -0.15) is 0 Å². The number of carbonyl (C=O) groups excluding carboxylic acids is 2. The Morgan fingerprint density at radius 2 is 1.82 bits per heavy atom. The van der Waals surface area contributed by atoms with Crippen molar-refractivity contribution in [1.29, 1.82) is 0 Å². The molecule has 0 radical (unpaired) electrons. The minimum atomic E-state index is -0.538. The summed E-state index contributed by atoms with van der Waals surface area (Å²) >= 11 is 2.97. The fourth-order valence-electron chi connectivity index (χ4n) is 2.42. The molecule has 0 spiro atoms. The molecule has 3 aromatic rings. The first-order chi connectivity index (χ1) is 13.7. The van der Waals surface area contributed by atoms with Crippen molar-refractivity contribution < 1.29 is 19.1 Å². The summed E-state index contributed by atoms with van der Waals surface area (Å²) in [5, 5.41) is 6.54. The zero-order chi connectivity index (χ0) is 19.8. The van der Waals surface area contributed by atoms with Crippen molar-refractivity contribution >= 4 is 51.9 Å². The van der Waals surface area contributed by atoms with Crippen LogP contribution in [-0.2, 0) is 14.3 Å². The molecule has 3 rings (SSSR count). The van der Waals surface area contributed by atoms with Crippen LogP contribution in [0.3, 0.4) is 0 Å². The highest BCUT2D eigenvalue weighted by molar-refractivity contribution is 7.12. The topological polar surface area (TPSA) is 64.6 Å². The molecule has 1 amide bonds. The molecule has 0 atom stereocenters. The van der Waals surface area contributed by atoms with Crippen LogP contribution in [-0.4, -0.2) is 25.1 Å². The second-order valence-corrected chi connectivity index (χ2v) is 7.53. The molecular weight excluding hydrogens is 394 g/mol. The third-order valence-electron chi connectivity index (χ3n) is 3.63.